The summed E-state index contributed by atoms with van der Waals surface area (Å²) < 4.78 is 1.50. The second kappa shape index (κ2) is 10.8. The van der Waals surface area contributed by atoms with Gasteiger partial charge in [-0.2, -0.15) is 5.26 Å². The second-order valence-electron chi connectivity index (χ2n) is 9.44. The summed E-state index contributed by atoms with van der Waals surface area (Å²) in [5.74, 6) is -0.0203. The molecule has 1 amide bonds. The summed E-state index contributed by atoms with van der Waals surface area (Å²) in [7, 11) is 0. The van der Waals surface area contributed by atoms with E-state index < -0.39 is 10.8 Å². The van der Waals surface area contributed by atoms with Crippen molar-refractivity contribution < 1.29 is 9.72 Å². The first-order valence-electron chi connectivity index (χ1n) is 12.1. The van der Waals surface area contributed by atoms with Gasteiger partial charge < -0.3 is 5.32 Å². The maximum Gasteiger partial charge on any atom is 0.270 e. The third-order valence-corrected chi connectivity index (χ3v) is 9.15. The molecule has 1 aliphatic carbocycles. The Morgan fingerprint density at radius 2 is 2.15 bits per heavy atom. The fourth-order valence-corrected chi connectivity index (χ4v) is 6.99. The molecule has 198 valence electrons. The standard InChI is InChI=1S/C27H22ClN5O4S2/c1-14-3-7-19-22(9-14)39-25-24(19)26(35)32(17-5-4-15(2)20(28)11-17)27(31-25)38-13-23(34)30-21-8-6-18(33(36)37)10-16(21)12-29/h4-6,8,10-11,14H,3,7,9,13H2,1-2H3,(H,30,34). The first-order chi connectivity index (χ1) is 18.7. The molecule has 12 heteroatoms. The quantitative estimate of drug-likeness (QED) is 0.127. The lowest BCUT2D eigenvalue weighted by Gasteiger charge is -2.18. The van der Waals surface area contributed by atoms with Gasteiger partial charge in [-0.15, -0.1) is 11.3 Å². The van der Waals surface area contributed by atoms with Gasteiger partial charge in [0.05, 0.1) is 33.0 Å². The SMILES string of the molecule is Cc1ccc(-n2c(SCC(=O)Nc3ccc([N+](=O)[O-])cc3C#N)nc3sc4c(c3c2=O)CCC(C)C4)cc1Cl. The van der Waals surface area contributed by atoms with Crippen molar-refractivity contribution in [1.29, 1.82) is 5.26 Å². The Morgan fingerprint density at radius 1 is 1.36 bits per heavy atom. The highest BCUT2D eigenvalue weighted by molar-refractivity contribution is 7.99. The van der Waals surface area contributed by atoms with Crippen molar-refractivity contribution in [2.24, 2.45) is 5.92 Å². The van der Waals surface area contributed by atoms with Crippen molar-refractivity contribution in [2.75, 3.05) is 11.1 Å². The first kappa shape index (κ1) is 26.9. The average Bonchev–Trinajstić information content (AvgIpc) is 3.27. The lowest BCUT2D eigenvalue weighted by molar-refractivity contribution is -0.384. The van der Waals surface area contributed by atoms with Gasteiger partial charge >= 0.3 is 0 Å². The summed E-state index contributed by atoms with van der Waals surface area (Å²) in [4.78, 5) is 43.9. The number of hydrogen-bond donors (Lipinski definition) is 1. The number of nitro benzene ring substituents is 1. The Kier molecular flexibility index (Phi) is 7.44. The number of benzene rings is 2. The summed E-state index contributed by atoms with van der Waals surface area (Å²) in [6.45, 7) is 4.08. The van der Waals surface area contributed by atoms with Crippen LogP contribution >= 0.6 is 34.7 Å². The van der Waals surface area contributed by atoms with Crippen LogP contribution in [0.25, 0.3) is 15.9 Å². The molecule has 0 saturated heterocycles. The molecule has 1 aliphatic rings. The van der Waals surface area contributed by atoms with Gasteiger partial charge in [0.25, 0.3) is 11.2 Å². The van der Waals surface area contributed by atoms with Crippen molar-refractivity contribution in [3.05, 3.63) is 83.5 Å². The molecule has 0 fully saturated rings. The Bertz CT molecular complexity index is 1760. The number of fused-ring (bicyclic) bond motifs is 3. The van der Waals surface area contributed by atoms with Crippen LogP contribution < -0.4 is 10.9 Å². The number of thiophene rings is 1. The molecule has 0 bridgehead atoms. The van der Waals surface area contributed by atoms with Crippen LogP contribution in [-0.2, 0) is 17.6 Å². The number of halogens is 1. The minimum Gasteiger partial charge on any atom is -0.324 e. The van der Waals surface area contributed by atoms with E-state index in [0.29, 0.717) is 32.0 Å². The number of nitriles is 1. The van der Waals surface area contributed by atoms with Crippen LogP contribution in [0.5, 0.6) is 0 Å². The molecule has 1 N–H and O–H groups in total. The Morgan fingerprint density at radius 3 is 2.87 bits per heavy atom. The molecule has 1 atom stereocenters. The van der Waals surface area contributed by atoms with Crippen LogP contribution in [0.3, 0.4) is 0 Å². The number of anilines is 1. The Balaban J connectivity index is 1.51. The van der Waals surface area contributed by atoms with Crippen LogP contribution in [0.15, 0.2) is 46.3 Å². The highest BCUT2D eigenvalue weighted by Crippen LogP contribution is 2.37. The van der Waals surface area contributed by atoms with Crippen LogP contribution in [0.4, 0.5) is 11.4 Å². The van der Waals surface area contributed by atoms with Crippen LogP contribution in [0.1, 0.15) is 34.9 Å². The van der Waals surface area contributed by atoms with Crippen LogP contribution in [0.2, 0.25) is 5.02 Å². The molecule has 9 nitrogen and oxygen atoms in total. The van der Waals surface area contributed by atoms with Gasteiger partial charge in [0.2, 0.25) is 5.91 Å². The van der Waals surface area contributed by atoms with E-state index in [9.17, 15) is 25.0 Å². The van der Waals surface area contributed by atoms with Crippen LogP contribution in [-0.4, -0.2) is 26.1 Å². The molecule has 0 aliphatic heterocycles. The normalized spacial score (nSPS) is 14.6. The van der Waals surface area contributed by atoms with Crippen molar-refractivity contribution in [1.82, 2.24) is 9.55 Å². The van der Waals surface area contributed by atoms with Gasteiger partial charge in [0.1, 0.15) is 10.9 Å². The molecule has 1 unspecified atom stereocenters. The number of rotatable bonds is 6. The number of non-ortho nitro benzene ring substituents is 1. The van der Waals surface area contributed by atoms with Gasteiger partial charge in [-0.3, -0.25) is 24.3 Å². The monoisotopic (exact) mass is 579 g/mol. The fraction of sp³-hybridized carbons (Fsp3) is 0.259. The van der Waals surface area contributed by atoms with Crippen molar-refractivity contribution in [3.63, 3.8) is 0 Å². The molecule has 2 aromatic heterocycles. The fourth-order valence-electron chi connectivity index (χ4n) is 4.58. The van der Waals surface area contributed by atoms with E-state index >= 15 is 0 Å². The van der Waals surface area contributed by atoms with Gasteiger partial charge in [-0.05, 0) is 61.4 Å². The number of nitrogens with one attached hydrogen (secondary N) is 1. The van der Waals surface area contributed by atoms with E-state index in [-0.39, 0.29) is 28.3 Å². The predicted octanol–water partition coefficient (Wildman–Crippen LogP) is 6.04. The number of carbonyl (C=O) groups is 1. The molecule has 0 spiro atoms. The van der Waals surface area contributed by atoms with Crippen molar-refractivity contribution in [2.45, 2.75) is 38.3 Å². The van der Waals surface area contributed by atoms with E-state index in [0.717, 1.165) is 48.2 Å². The summed E-state index contributed by atoms with van der Waals surface area (Å²) in [6, 6.07) is 10.9. The summed E-state index contributed by atoms with van der Waals surface area (Å²) >= 11 is 9.02. The molecule has 0 saturated carbocycles. The maximum atomic E-state index is 13.9. The number of thioether (sulfide) groups is 1. The molecule has 39 heavy (non-hydrogen) atoms. The van der Waals surface area contributed by atoms with E-state index in [1.807, 2.05) is 19.1 Å². The number of nitrogens with zero attached hydrogens (tertiary/aromatic N) is 4. The summed E-state index contributed by atoms with van der Waals surface area (Å²) in [6.07, 6.45) is 2.75. The van der Waals surface area contributed by atoms with Crippen molar-refractivity contribution >= 4 is 62.2 Å². The second-order valence-corrected chi connectivity index (χ2v) is 11.9. The van der Waals surface area contributed by atoms with E-state index in [2.05, 4.69) is 12.2 Å². The van der Waals surface area contributed by atoms with E-state index in [1.165, 1.54) is 32.9 Å². The van der Waals surface area contributed by atoms with Gasteiger partial charge in [-0.1, -0.05) is 36.4 Å². The molecule has 5 rings (SSSR count). The lowest BCUT2D eigenvalue weighted by atomic mass is 9.89. The number of aromatic nitrogens is 2. The zero-order chi connectivity index (χ0) is 27.8. The van der Waals surface area contributed by atoms with Gasteiger partial charge in [0, 0.05) is 22.0 Å². The molecule has 2 heterocycles. The number of nitro groups is 1. The first-order valence-corrected chi connectivity index (χ1v) is 14.3. The zero-order valence-corrected chi connectivity index (χ0v) is 23.4. The minimum absolute atomic E-state index is 0.0216. The third-order valence-electron chi connectivity index (χ3n) is 6.65. The molecular formula is C27H22ClN5O4S2. The highest BCUT2D eigenvalue weighted by Gasteiger charge is 2.25. The predicted molar refractivity (Wildman–Crippen MR) is 153 cm³/mol. The largest absolute Gasteiger partial charge is 0.324 e. The molecular weight excluding hydrogens is 558 g/mol. The topological polar surface area (TPSA) is 131 Å². The smallest absolute Gasteiger partial charge is 0.270 e. The number of amides is 1. The maximum absolute atomic E-state index is 13.9. The lowest BCUT2D eigenvalue weighted by Crippen LogP contribution is -2.23. The van der Waals surface area contributed by atoms with Gasteiger partial charge in [-0.25, -0.2) is 4.98 Å². The molecule has 0 radical (unpaired) electrons. The highest BCUT2D eigenvalue weighted by atomic mass is 35.5. The van der Waals surface area contributed by atoms with Crippen molar-refractivity contribution in [3.8, 4) is 11.8 Å². The zero-order valence-electron chi connectivity index (χ0n) is 21.0. The average molecular weight is 580 g/mol. The minimum atomic E-state index is -0.607. The van der Waals surface area contributed by atoms with Gasteiger partial charge in [0.15, 0.2) is 5.16 Å². The summed E-state index contributed by atoms with van der Waals surface area (Å²) in [5.41, 5.74) is 2.19. The number of hydrogen-bond acceptors (Lipinski definition) is 8. The molecule has 2 aromatic carbocycles. The number of carbonyl (C=O) groups excluding carboxylic acids is 1. The number of aryl methyl sites for hydroxylation is 2. The Hall–Kier alpha value is -3.72. The molecule has 4 aromatic rings. The van der Waals surface area contributed by atoms with E-state index in [1.54, 1.807) is 12.1 Å². The Labute approximate surface area is 236 Å². The summed E-state index contributed by atoms with van der Waals surface area (Å²) in [5, 5.41) is 24.5. The van der Waals surface area contributed by atoms with Crippen LogP contribution in [0, 0.1) is 34.3 Å². The third kappa shape index (κ3) is 5.28. The van der Waals surface area contributed by atoms with E-state index in [4.69, 9.17) is 16.6 Å².